The first-order valence-electron chi connectivity index (χ1n) is 6.30. The molecule has 5 nitrogen and oxygen atoms in total. The zero-order valence-corrected chi connectivity index (χ0v) is 11.1. The van der Waals surface area contributed by atoms with E-state index in [1.54, 1.807) is 24.3 Å². The van der Waals surface area contributed by atoms with E-state index in [2.05, 4.69) is 15.3 Å². The van der Waals surface area contributed by atoms with Gasteiger partial charge in [-0.1, -0.05) is 18.2 Å². The van der Waals surface area contributed by atoms with Crippen LogP contribution in [-0.4, -0.2) is 15.9 Å². The Morgan fingerprint density at radius 1 is 1.09 bits per heavy atom. The van der Waals surface area contributed by atoms with E-state index in [9.17, 15) is 18.4 Å². The third-order valence-corrected chi connectivity index (χ3v) is 3.03. The summed E-state index contributed by atoms with van der Waals surface area (Å²) in [6.07, 6.45) is 0. The summed E-state index contributed by atoms with van der Waals surface area (Å²) in [5.74, 6) is -2.78. The first-order valence-corrected chi connectivity index (χ1v) is 6.30. The monoisotopic (exact) mass is 301 g/mol. The van der Waals surface area contributed by atoms with Crippen LogP contribution < -0.4 is 11.0 Å². The molecule has 110 valence electrons. The Bertz CT molecular complexity index is 937. The van der Waals surface area contributed by atoms with Crippen LogP contribution >= 0.6 is 0 Å². The quantitative estimate of drug-likeness (QED) is 0.763. The SMILES string of the molecule is O=C(Nc1ccc(F)c(F)c1)c1nc(=O)[nH]c2ccccc12. The van der Waals surface area contributed by atoms with Crippen molar-refractivity contribution in [2.45, 2.75) is 0 Å². The van der Waals surface area contributed by atoms with Gasteiger partial charge in [0.05, 0.1) is 5.52 Å². The Hall–Kier alpha value is -3.09. The molecule has 1 amide bonds. The van der Waals surface area contributed by atoms with Crippen LogP contribution in [0.4, 0.5) is 14.5 Å². The number of rotatable bonds is 2. The molecule has 3 rings (SSSR count). The maximum Gasteiger partial charge on any atom is 0.346 e. The summed E-state index contributed by atoms with van der Waals surface area (Å²) in [4.78, 5) is 29.9. The molecule has 0 unspecified atom stereocenters. The predicted octanol–water partition coefficient (Wildman–Crippen LogP) is 2.45. The first kappa shape index (κ1) is 13.9. The smallest absolute Gasteiger partial charge is 0.321 e. The number of amides is 1. The zero-order chi connectivity index (χ0) is 15.7. The molecule has 0 radical (unpaired) electrons. The van der Waals surface area contributed by atoms with Gasteiger partial charge in [-0.05, 0) is 18.2 Å². The van der Waals surface area contributed by atoms with Crippen LogP contribution in [0.3, 0.4) is 0 Å². The van der Waals surface area contributed by atoms with Gasteiger partial charge in [0.1, 0.15) is 5.69 Å². The van der Waals surface area contributed by atoms with E-state index in [4.69, 9.17) is 0 Å². The fourth-order valence-corrected chi connectivity index (χ4v) is 2.04. The Labute approximate surface area is 122 Å². The number of carbonyl (C=O) groups excluding carboxylic acids is 1. The second kappa shape index (κ2) is 5.36. The number of nitrogens with one attached hydrogen (secondary N) is 2. The number of benzene rings is 2. The highest BCUT2D eigenvalue weighted by atomic mass is 19.2. The van der Waals surface area contributed by atoms with E-state index in [0.717, 1.165) is 12.1 Å². The fraction of sp³-hybridized carbons (Fsp3) is 0. The Morgan fingerprint density at radius 2 is 1.86 bits per heavy atom. The second-order valence-corrected chi connectivity index (χ2v) is 4.52. The largest absolute Gasteiger partial charge is 0.346 e. The van der Waals surface area contributed by atoms with Crippen LogP contribution in [-0.2, 0) is 0 Å². The van der Waals surface area contributed by atoms with Crippen molar-refractivity contribution < 1.29 is 13.6 Å². The Balaban J connectivity index is 2.02. The maximum absolute atomic E-state index is 13.2. The van der Waals surface area contributed by atoms with Crippen LogP contribution in [0.5, 0.6) is 0 Å². The molecule has 0 saturated heterocycles. The molecule has 7 heteroatoms. The van der Waals surface area contributed by atoms with Gasteiger partial charge < -0.3 is 10.3 Å². The lowest BCUT2D eigenvalue weighted by Gasteiger charge is -2.07. The van der Waals surface area contributed by atoms with Crippen molar-refractivity contribution in [2.24, 2.45) is 0 Å². The molecule has 0 atom stereocenters. The lowest BCUT2D eigenvalue weighted by Crippen LogP contribution is -2.21. The van der Waals surface area contributed by atoms with Crippen LogP contribution in [0.2, 0.25) is 0 Å². The summed E-state index contributed by atoms with van der Waals surface area (Å²) in [5.41, 5.74) is -0.244. The summed E-state index contributed by atoms with van der Waals surface area (Å²) >= 11 is 0. The molecule has 3 aromatic rings. The van der Waals surface area contributed by atoms with Gasteiger partial charge in [0, 0.05) is 17.1 Å². The molecule has 1 heterocycles. The number of anilines is 1. The number of para-hydroxylation sites is 1. The molecule has 2 N–H and O–H groups in total. The van der Waals surface area contributed by atoms with Gasteiger partial charge in [-0.25, -0.2) is 13.6 Å². The number of carbonyl (C=O) groups is 1. The standard InChI is InChI=1S/C15H9F2N3O2/c16-10-6-5-8(7-11(10)17)18-14(21)13-9-3-1-2-4-12(9)19-15(22)20-13/h1-7H,(H,18,21)(H,19,20,22). The highest BCUT2D eigenvalue weighted by Gasteiger charge is 2.14. The minimum absolute atomic E-state index is 0.0649. The van der Waals surface area contributed by atoms with Gasteiger partial charge in [-0.2, -0.15) is 4.98 Å². The summed E-state index contributed by atoms with van der Waals surface area (Å²) in [5, 5.41) is 2.83. The van der Waals surface area contributed by atoms with Crippen molar-refractivity contribution in [1.82, 2.24) is 9.97 Å². The summed E-state index contributed by atoms with van der Waals surface area (Å²) in [7, 11) is 0. The molecule has 0 saturated carbocycles. The zero-order valence-electron chi connectivity index (χ0n) is 11.1. The normalized spacial score (nSPS) is 10.6. The third kappa shape index (κ3) is 2.56. The molecule has 1 aromatic heterocycles. The van der Waals surface area contributed by atoms with Crippen molar-refractivity contribution in [2.75, 3.05) is 5.32 Å². The first-order chi connectivity index (χ1) is 10.5. The van der Waals surface area contributed by atoms with E-state index < -0.39 is 23.2 Å². The summed E-state index contributed by atoms with van der Waals surface area (Å²) < 4.78 is 26.0. The Kier molecular flexibility index (Phi) is 3.38. The molecule has 0 aliphatic carbocycles. The number of H-pyrrole nitrogens is 1. The van der Waals surface area contributed by atoms with Gasteiger partial charge in [0.25, 0.3) is 5.91 Å². The molecule has 0 fully saturated rings. The molecular formula is C15H9F2N3O2. The van der Waals surface area contributed by atoms with Crippen molar-refractivity contribution in [1.29, 1.82) is 0 Å². The van der Waals surface area contributed by atoms with Gasteiger partial charge in [0.15, 0.2) is 11.6 Å². The maximum atomic E-state index is 13.2. The average molecular weight is 301 g/mol. The van der Waals surface area contributed by atoms with E-state index >= 15 is 0 Å². The molecule has 0 spiro atoms. The Morgan fingerprint density at radius 3 is 2.64 bits per heavy atom. The number of hydrogen-bond donors (Lipinski definition) is 2. The van der Waals surface area contributed by atoms with Crippen LogP contribution in [0, 0.1) is 11.6 Å². The van der Waals surface area contributed by atoms with Crippen LogP contribution in [0.15, 0.2) is 47.3 Å². The minimum atomic E-state index is -1.08. The van der Waals surface area contributed by atoms with Gasteiger partial charge >= 0.3 is 5.69 Å². The second-order valence-electron chi connectivity index (χ2n) is 4.52. The van der Waals surface area contributed by atoms with E-state index in [-0.39, 0.29) is 11.4 Å². The van der Waals surface area contributed by atoms with Gasteiger partial charge in [-0.15, -0.1) is 0 Å². The van der Waals surface area contributed by atoms with Crippen molar-refractivity contribution in [3.8, 4) is 0 Å². The molecule has 0 aliphatic rings. The van der Waals surface area contributed by atoms with E-state index in [1.165, 1.54) is 6.07 Å². The van der Waals surface area contributed by atoms with Crippen molar-refractivity contribution in [3.63, 3.8) is 0 Å². The third-order valence-electron chi connectivity index (χ3n) is 3.03. The van der Waals surface area contributed by atoms with Crippen LogP contribution in [0.25, 0.3) is 10.9 Å². The predicted molar refractivity (Wildman–Crippen MR) is 76.7 cm³/mol. The molecule has 22 heavy (non-hydrogen) atoms. The average Bonchev–Trinajstić information content (AvgIpc) is 2.50. The highest BCUT2D eigenvalue weighted by Crippen LogP contribution is 2.17. The van der Waals surface area contributed by atoms with Gasteiger partial charge in [-0.3, -0.25) is 4.79 Å². The number of aromatic nitrogens is 2. The van der Waals surface area contributed by atoms with Gasteiger partial charge in [0.2, 0.25) is 0 Å². The number of aromatic amines is 1. The number of nitrogens with zero attached hydrogens (tertiary/aromatic N) is 1. The summed E-state index contributed by atoms with van der Waals surface area (Å²) in [6, 6.07) is 9.61. The van der Waals surface area contributed by atoms with Crippen LogP contribution in [0.1, 0.15) is 10.5 Å². The lowest BCUT2D eigenvalue weighted by atomic mass is 10.1. The topological polar surface area (TPSA) is 74.8 Å². The molecular weight excluding hydrogens is 292 g/mol. The molecule has 0 bridgehead atoms. The van der Waals surface area contributed by atoms with E-state index in [1.807, 2.05) is 0 Å². The molecule has 0 aliphatic heterocycles. The number of fused-ring (bicyclic) bond motifs is 1. The lowest BCUT2D eigenvalue weighted by molar-refractivity contribution is 0.102. The minimum Gasteiger partial charge on any atom is -0.321 e. The molecule has 2 aromatic carbocycles. The number of hydrogen-bond acceptors (Lipinski definition) is 3. The summed E-state index contributed by atoms with van der Waals surface area (Å²) in [6.45, 7) is 0. The van der Waals surface area contributed by atoms with Crippen molar-refractivity contribution >= 4 is 22.5 Å². The highest BCUT2D eigenvalue weighted by molar-refractivity contribution is 6.10. The van der Waals surface area contributed by atoms with E-state index in [0.29, 0.717) is 10.9 Å². The fourth-order valence-electron chi connectivity index (χ4n) is 2.04. The van der Waals surface area contributed by atoms with Crippen molar-refractivity contribution in [3.05, 3.63) is 70.3 Å². The number of halogens is 2.